The zero-order valence-electron chi connectivity index (χ0n) is 13.8. The summed E-state index contributed by atoms with van der Waals surface area (Å²) in [5, 5.41) is 3.01. The highest BCUT2D eigenvalue weighted by Crippen LogP contribution is 2.18. The Morgan fingerprint density at radius 3 is 2.54 bits per heavy atom. The summed E-state index contributed by atoms with van der Waals surface area (Å²) < 4.78 is 1.02. The van der Waals surface area contributed by atoms with Gasteiger partial charge in [-0.3, -0.25) is 0 Å². The van der Waals surface area contributed by atoms with E-state index < -0.39 is 0 Å². The minimum atomic E-state index is 0.00893. The minimum Gasteiger partial charge on any atom is -0.368 e. The van der Waals surface area contributed by atoms with Crippen LogP contribution in [0.4, 0.5) is 10.5 Å². The number of nitrogens with zero attached hydrogens (tertiary/aromatic N) is 2. The van der Waals surface area contributed by atoms with E-state index in [0.717, 1.165) is 36.2 Å². The van der Waals surface area contributed by atoms with Crippen LogP contribution in [0.3, 0.4) is 0 Å². The molecule has 3 rings (SSSR count). The molecule has 0 bridgehead atoms. The summed E-state index contributed by atoms with van der Waals surface area (Å²) in [6.45, 7) is 5.87. The lowest BCUT2D eigenvalue weighted by Crippen LogP contribution is -2.51. The number of urea groups is 1. The van der Waals surface area contributed by atoms with Crippen LogP contribution in [-0.4, -0.2) is 37.1 Å². The smallest absolute Gasteiger partial charge is 0.317 e. The monoisotopic (exact) mass is 387 g/mol. The molecular weight excluding hydrogens is 366 g/mol. The Labute approximate surface area is 151 Å². The van der Waals surface area contributed by atoms with Crippen LogP contribution < -0.4 is 10.2 Å². The molecule has 2 aromatic carbocycles. The van der Waals surface area contributed by atoms with Crippen LogP contribution in [0.1, 0.15) is 11.1 Å². The van der Waals surface area contributed by atoms with Crippen molar-refractivity contribution in [1.82, 2.24) is 10.2 Å². The van der Waals surface area contributed by atoms with E-state index in [4.69, 9.17) is 0 Å². The van der Waals surface area contributed by atoms with Gasteiger partial charge in [-0.2, -0.15) is 0 Å². The number of amides is 2. The fourth-order valence-electron chi connectivity index (χ4n) is 2.92. The molecule has 1 aliphatic heterocycles. The number of hydrogen-bond acceptors (Lipinski definition) is 2. The van der Waals surface area contributed by atoms with Gasteiger partial charge in [0.25, 0.3) is 0 Å². The number of anilines is 1. The third-order valence-electron chi connectivity index (χ3n) is 4.32. The summed E-state index contributed by atoms with van der Waals surface area (Å²) in [5.74, 6) is 0. The summed E-state index contributed by atoms with van der Waals surface area (Å²) in [7, 11) is 0. The number of piperazine rings is 1. The lowest BCUT2D eigenvalue weighted by molar-refractivity contribution is 0.194. The van der Waals surface area contributed by atoms with E-state index >= 15 is 0 Å². The SMILES string of the molecule is Cc1cccc(N2CCN(C(=O)NCc3ccccc3Br)CC2)c1. The highest BCUT2D eigenvalue weighted by atomic mass is 79.9. The molecule has 1 heterocycles. The van der Waals surface area contributed by atoms with Crippen LogP contribution >= 0.6 is 15.9 Å². The van der Waals surface area contributed by atoms with E-state index in [1.54, 1.807) is 0 Å². The zero-order valence-corrected chi connectivity index (χ0v) is 15.4. The number of nitrogens with one attached hydrogen (secondary N) is 1. The van der Waals surface area contributed by atoms with Crippen molar-refractivity contribution in [3.63, 3.8) is 0 Å². The summed E-state index contributed by atoms with van der Waals surface area (Å²) in [5.41, 5.74) is 3.59. The molecule has 0 aliphatic carbocycles. The topological polar surface area (TPSA) is 35.6 Å². The van der Waals surface area contributed by atoms with E-state index in [1.165, 1.54) is 11.3 Å². The van der Waals surface area contributed by atoms with Crippen LogP contribution in [0.5, 0.6) is 0 Å². The van der Waals surface area contributed by atoms with Crippen molar-refractivity contribution in [2.24, 2.45) is 0 Å². The second kappa shape index (κ2) is 7.71. The summed E-state index contributed by atoms with van der Waals surface area (Å²) in [4.78, 5) is 16.6. The largest absolute Gasteiger partial charge is 0.368 e. The molecule has 0 radical (unpaired) electrons. The van der Waals surface area contributed by atoms with Gasteiger partial charge in [0.15, 0.2) is 0 Å². The molecule has 4 nitrogen and oxygen atoms in total. The van der Waals surface area contributed by atoms with Crippen LogP contribution in [0.25, 0.3) is 0 Å². The van der Waals surface area contributed by atoms with Crippen LogP contribution in [0.15, 0.2) is 53.0 Å². The first-order valence-corrected chi connectivity index (χ1v) is 9.00. The molecule has 126 valence electrons. The van der Waals surface area contributed by atoms with Gasteiger partial charge in [0.05, 0.1) is 0 Å². The Morgan fingerprint density at radius 1 is 1.08 bits per heavy atom. The second-order valence-corrected chi connectivity index (χ2v) is 6.92. The molecule has 0 spiro atoms. The normalized spacial score (nSPS) is 14.6. The predicted octanol–water partition coefficient (Wildman–Crippen LogP) is 3.79. The fraction of sp³-hybridized carbons (Fsp3) is 0.316. The van der Waals surface area contributed by atoms with Crippen molar-refractivity contribution in [3.05, 3.63) is 64.1 Å². The molecule has 2 aromatic rings. The number of carbonyl (C=O) groups excluding carboxylic acids is 1. The highest BCUT2D eigenvalue weighted by molar-refractivity contribution is 9.10. The van der Waals surface area contributed by atoms with E-state index in [9.17, 15) is 4.79 Å². The number of carbonyl (C=O) groups is 1. The average Bonchev–Trinajstić information content (AvgIpc) is 2.61. The lowest BCUT2D eigenvalue weighted by Gasteiger charge is -2.36. The summed E-state index contributed by atoms with van der Waals surface area (Å²) in [6.07, 6.45) is 0. The molecule has 1 aliphatic rings. The van der Waals surface area contributed by atoms with E-state index in [0.29, 0.717) is 6.54 Å². The third kappa shape index (κ3) is 4.09. The van der Waals surface area contributed by atoms with Crippen molar-refractivity contribution in [2.75, 3.05) is 31.1 Å². The van der Waals surface area contributed by atoms with Crippen molar-refractivity contribution in [1.29, 1.82) is 0 Å². The van der Waals surface area contributed by atoms with Gasteiger partial charge < -0.3 is 15.1 Å². The van der Waals surface area contributed by atoms with Crippen LogP contribution in [0, 0.1) is 6.92 Å². The van der Waals surface area contributed by atoms with E-state index in [1.807, 2.05) is 29.2 Å². The number of hydrogen-bond donors (Lipinski definition) is 1. The molecule has 0 aromatic heterocycles. The molecule has 0 atom stereocenters. The van der Waals surface area contributed by atoms with Gasteiger partial charge in [0.1, 0.15) is 0 Å². The van der Waals surface area contributed by atoms with Gasteiger partial charge in [-0.25, -0.2) is 4.79 Å². The van der Waals surface area contributed by atoms with Crippen molar-refractivity contribution in [3.8, 4) is 0 Å². The summed E-state index contributed by atoms with van der Waals surface area (Å²) >= 11 is 3.51. The molecule has 2 amide bonds. The molecule has 1 N–H and O–H groups in total. The minimum absolute atomic E-state index is 0.00893. The maximum absolute atomic E-state index is 12.4. The zero-order chi connectivity index (χ0) is 16.9. The van der Waals surface area contributed by atoms with Gasteiger partial charge in [-0.15, -0.1) is 0 Å². The standard InChI is InChI=1S/C19H22BrN3O/c1-15-5-4-7-17(13-15)22-9-11-23(12-10-22)19(24)21-14-16-6-2-3-8-18(16)20/h2-8,13H,9-12,14H2,1H3,(H,21,24). The maximum atomic E-state index is 12.4. The first kappa shape index (κ1) is 16.8. The Morgan fingerprint density at radius 2 is 1.83 bits per heavy atom. The Balaban J connectivity index is 1.51. The van der Waals surface area contributed by atoms with Crippen LogP contribution in [0.2, 0.25) is 0 Å². The highest BCUT2D eigenvalue weighted by Gasteiger charge is 2.21. The maximum Gasteiger partial charge on any atom is 0.317 e. The van der Waals surface area contributed by atoms with Gasteiger partial charge in [-0.1, -0.05) is 46.3 Å². The van der Waals surface area contributed by atoms with Gasteiger partial charge in [0, 0.05) is 42.9 Å². The molecule has 0 saturated carbocycles. The number of rotatable bonds is 3. The van der Waals surface area contributed by atoms with Crippen LogP contribution in [-0.2, 0) is 6.54 Å². The number of aryl methyl sites for hydroxylation is 1. The van der Waals surface area contributed by atoms with Crippen molar-refractivity contribution >= 4 is 27.6 Å². The molecule has 1 saturated heterocycles. The molecule has 1 fully saturated rings. The fourth-order valence-corrected chi connectivity index (χ4v) is 3.34. The van der Waals surface area contributed by atoms with Crippen molar-refractivity contribution < 1.29 is 4.79 Å². The van der Waals surface area contributed by atoms with Gasteiger partial charge >= 0.3 is 6.03 Å². The summed E-state index contributed by atoms with van der Waals surface area (Å²) in [6, 6.07) is 16.5. The molecule has 0 unspecified atom stereocenters. The second-order valence-electron chi connectivity index (χ2n) is 6.06. The van der Waals surface area contributed by atoms with E-state index in [2.05, 4.69) is 57.3 Å². The molecule has 5 heteroatoms. The number of benzene rings is 2. The Hall–Kier alpha value is -2.01. The Kier molecular flexibility index (Phi) is 5.41. The lowest BCUT2D eigenvalue weighted by atomic mass is 10.2. The first-order chi connectivity index (χ1) is 11.6. The molecular formula is C19H22BrN3O. The van der Waals surface area contributed by atoms with Crippen molar-refractivity contribution in [2.45, 2.75) is 13.5 Å². The average molecular weight is 388 g/mol. The van der Waals surface area contributed by atoms with Gasteiger partial charge in [0.2, 0.25) is 0 Å². The third-order valence-corrected chi connectivity index (χ3v) is 5.10. The van der Waals surface area contributed by atoms with E-state index in [-0.39, 0.29) is 6.03 Å². The Bertz CT molecular complexity index is 711. The predicted molar refractivity (Wildman–Crippen MR) is 101 cm³/mol. The molecule has 24 heavy (non-hydrogen) atoms. The number of halogens is 1. The van der Waals surface area contributed by atoms with Gasteiger partial charge in [-0.05, 0) is 36.2 Å². The quantitative estimate of drug-likeness (QED) is 0.869. The first-order valence-electron chi connectivity index (χ1n) is 8.21.